The number of phenols is 1. The topological polar surface area (TPSA) is 57.6 Å². The van der Waals surface area contributed by atoms with Gasteiger partial charge in [0.2, 0.25) is 0 Å². The lowest BCUT2D eigenvalue weighted by atomic mass is 9.83. The Morgan fingerprint density at radius 1 is 1.14 bits per heavy atom. The van der Waals surface area contributed by atoms with Gasteiger partial charge in [0.1, 0.15) is 5.75 Å². The monoisotopic (exact) mass is 441 g/mol. The van der Waals surface area contributed by atoms with Crippen molar-refractivity contribution in [2.45, 2.75) is 39.0 Å². The van der Waals surface area contributed by atoms with Crippen molar-refractivity contribution in [1.29, 1.82) is 0 Å². The van der Waals surface area contributed by atoms with E-state index in [1.54, 1.807) is 0 Å². The molecule has 1 unspecified atom stereocenters. The molecule has 160 valence electrons. The molecule has 2 amide bonds. The van der Waals surface area contributed by atoms with Crippen LogP contribution in [0.3, 0.4) is 0 Å². The van der Waals surface area contributed by atoms with E-state index in [1.165, 1.54) is 13.8 Å². The minimum absolute atomic E-state index is 0.0557. The van der Waals surface area contributed by atoms with Crippen LogP contribution in [-0.2, 0) is 11.0 Å². The van der Waals surface area contributed by atoms with Crippen LogP contribution in [0.4, 0.5) is 31.1 Å². The molecule has 0 spiro atoms. The summed E-state index contributed by atoms with van der Waals surface area (Å²) in [6.45, 7) is 2.35. The number of amides is 2. The van der Waals surface area contributed by atoms with Crippen molar-refractivity contribution >= 4 is 29.0 Å². The molecule has 1 aliphatic heterocycles. The predicted molar refractivity (Wildman–Crippen MR) is 94.9 cm³/mol. The molecule has 0 aromatic heterocycles. The number of hydrogen-bond acceptors (Lipinski definition) is 4. The Labute approximate surface area is 166 Å². The van der Waals surface area contributed by atoms with Crippen molar-refractivity contribution in [2.75, 3.05) is 6.54 Å². The zero-order chi connectivity index (χ0) is 22.2. The molecule has 1 atom stereocenters. The summed E-state index contributed by atoms with van der Waals surface area (Å²) >= 11 is 0.437. The molecular formula is C18H17F6NO3S. The van der Waals surface area contributed by atoms with Gasteiger partial charge in [-0.05, 0) is 47.4 Å². The van der Waals surface area contributed by atoms with E-state index in [4.69, 9.17) is 0 Å². The van der Waals surface area contributed by atoms with Crippen LogP contribution in [0.15, 0.2) is 23.1 Å². The molecule has 1 saturated heterocycles. The van der Waals surface area contributed by atoms with Gasteiger partial charge in [-0.1, -0.05) is 19.9 Å². The maximum atomic E-state index is 12.9. The number of phenolic OH excluding ortho intramolecular Hbond substituents is 1. The highest BCUT2D eigenvalue weighted by Gasteiger charge is 2.44. The number of alkyl halides is 6. The van der Waals surface area contributed by atoms with E-state index in [9.17, 15) is 41.0 Å². The van der Waals surface area contributed by atoms with Crippen LogP contribution >= 0.6 is 11.8 Å². The van der Waals surface area contributed by atoms with E-state index in [2.05, 4.69) is 0 Å². The largest absolute Gasteiger partial charge is 0.507 e. The van der Waals surface area contributed by atoms with Crippen LogP contribution in [0.2, 0.25) is 0 Å². The summed E-state index contributed by atoms with van der Waals surface area (Å²) in [5, 5.41) is 8.55. The third kappa shape index (κ3) is 5.68. The quantitative estimate of drug-likeness (QED) is 0.462. The van der Waals surface area contributed by atoms with E-state index in [1.807, 2.05) is 0 Å². The Balaban J connectivity index is 2.29. The second-order valence-corrected chi connectivity index (χ2v) is 7.99. The van der Waals surface area contributed by atoms with Gasteiger partial charge in [0.25, 0.3) is 11.1 Å². The Hall–Kier alpha value is -2.17. The lowest BCUT2D eigenvalue weighted by molar-refractivity contribution is -0.159. The first kappa shape index (κ1) is 23.1. The highest BCUT2D eigenvalue weighted by atomic mass is 32.2. The summed E-state index contributed by atoms with van der Waals surface area (Å²) in [6.07, 6.45) is -9.41. The molecule has 1 fully saturated rings. The molecule has 4 nitrogen and oxygen atoms in total. The van der Waals surface area contributed by atoms with Crippen molar-refractivity contribution in [3.8, 4) is 5.75 Å². The van der Waals surface area contributed by atoms with Crippen LogP contribution in [-0.4, -0.2) is 33.9 Å². The minimum Gasteiger partial charge on any atom is -0.507 e. The number of aromatic hydroxyl groups is 1. The Morgan fingerprint density at radius 3 is 2.28 bits per heavy atom. The summed E-state index contributed by atoms with van der Waals surface area (Å²) in [5.41, 5.74) is -2.79. The summed E-state index contributed by atoms with van der Waals surface area (Å²) < 4.78 is 77.1. The molecule has 0 bridgehead atoms. The highest BCUT2D eigenvalue weighted by molar-refractivity contribution is 8.18. The third-order valence-corrected chi connectivity index (χ3v) is 5.43. The number of nitrogens with zero attached hydrogens (tertiary/aromatic N) is 1. The molecule has 2 rings (SSSR count). The van der Waals surface area contributed by atoms with Gasteiger partial charge >= 0.3 is 12.4 Å². The maximum absolute atomic E-state index is 12.9. The van der Waals surface area contributed by atoms with Crippen molar-refractivity contribution < 1.29 is 41.0 Å². The van der Waals surface area contributed by atoms with Gasteiger partial charge in [-0.3, -0.25) is 14.5 Å². The summed E-state index contributed by atoms with van der Waals surface area (Å²) in [6, 6.07) is 2.54. The summed E-state index contributed by atoms with van der Waals surface area (Å²) in [4.78, 5) is 25.1. The zero-order valence-electron chi connectivity index (χ0n) is 15.3. The standard InChI is InChI=1S/C18H17F6NO3S/c1-3-16(2,8-17(19,20)21)9-25-14(27)13(29-15(25)28)7-10-4-5-12(26)11(6-10)18(22,23)24/h4-7,26H,3,8-9H2,1-2H3/b13-7+. The van der Waals surface area contributed by atoms with E-state index in [-0.39, 0.29) is 16.9 Å². The normalized spacial score (nSPS) is 19.2. The highest BCUT2D eigenvalue weighted by Crippen LogP contribution is 2.41. The fourth-order valence-electron chi connectivity index (χ4n) is 2.82. The summed E-state index contributed by atoms with van der Waals surface area (Å²) in [5.74, 6) is -1.86. The molecule has 1 aliphatic rings. The first-order valence-electron chi connectivity index (χ1n) is 8.37. The van der Waals surface area contributed by atoms with E-state index in [0.29, 0.717) is 22.7 Å². The number of imide groups is 1. The molecule has 11 heteroatoms. The molecule has 29 heavy (non-hydrogen) atoms. The zero-order valence-corrected chi connectivity index (χ0v) is 16.1. The lowest BCUT2D eigenvalue weighted by Crippen LogP contribution is -2.40. The van der Waals surface area contributed by atoms with Crippen LogP contribution in [0.25, 0.3) is 6.08 Å². The number of carbonyl (C=O) groups excluding carboxylic acids is 2. The van der Waals surface area contributed by atoms with Gasteiger partial charge in [-0.15, -0.1) is 0 Å². The van der Waals surface area contributed by atoms with Crippen LogP contribution in [0.1, 0.15) is 37.8 Å². The van der Waals surface area contributed by atoms with Crippen molar-refractivity contribution in [1.82, 2.24) is 4.90 Å². The van der Waals surface area contributed by atoms with Crippen LogP contribution in [0.5, 0.6) is 5.75 Å². The van der Waals surface area contributed by atoms with E-state index < -0.39 is 53.2 Å². The lowest BCUT2D eigenvalue weighted by Gasteiger charge is -2.32. The molecule has 1 aromatic carbocycles. The van der Waals surface area contributed by atoms with Crippen molar-refractivity contribution in [3.05, 3.63) is 34.2 Å². The van der Waals surface area contributed by atoms with Gasteiger partial charge in [0.15, 0.2) is 0 Å². The van der Waals surface area contributed by atoms with Crippen LogP contribution in [0, 0.1) is 5.41 Å². The Kier molecular flexibility index (Phi) is 6.32. The Morgan fingerprint density at radius 2 is 1.76 bits per heavy atom. The molecule has 0 aliphatic carbocycles. The first-order valence-corrected chi connectivity index (χ1v) is 9.19. The average molecular weight is 441 g/mol. The van der Waals surface area contributed by atoms with Crippen molar-refractivity contribution in [3.63, 3.8) is 0 Å². The minimum atomic E-state index is -4.83. The molecule has 0 saturated carbocycles. The number of benzene rings is 1. The first-order chi connectivity index (χ1) is 13.1. The molecular weight excluding hydrogens is 424 g/mol. The number of hydrogen-bond donors (Lipinski definition) is 1. The molecule has 1 aromatic rings. The predicted octanol–water partition coefficient (Wildman–Crippen LogP) is 5.82. The molecule has 1 heterocycles. The Bertz CT molecular complexity index is 849. The smallest absolute Gasteiger partial charge is 0.419 e. The van der Waals surface area contributed by atoms with Gasteiger partial charge in [-0.25, -0.2) is 0 Å². The van der Waals surface area contributed by atoms with Gasteiger partial charge in [0, 0.05) is 6.54 Å². The SMILES string of the molecule is CCC(C)(CN1C(=O)S/C(=C/c2ccc(O)c(C(F)(F)F)c2)C1=O)CC(F)(F)F. The van der Waals surface area contributed by atoms with Crippen LogP contribution < -0.4 is 0 Å². The fourth-order valence-corrected chi connectivity index (χ4v) is 3.65. The molecule has 1 N–H and O–H groups in total. The second kappa shape index (κ2) is 7.92. The van der Waals surface area contributed by atoms with Crippen molar-refractivity contribution in [2.24, 2.45) is 5.41 Å². The maximum Gasteiger partial charge on any atom is 0.419 e. The summed E-state index contributed by atoms with van der Waals surface area (Å²) in [7, 11) is 0. The van der Waals surface area contributed by atoms with E-state index in [0.717, 1.165) is 18.2 Å². The number of halogens is 6. The number of rotatable bonds is 5. The molecule has 0 radical (unpaired) electrons. The second-order valence-electron chi connectivity index (χ2n) is 7.00. The van der Waals surface area contributed by atoms with E-state index >= 15 is 0 Å². The average Bonchev–Trinajstić information content (AvgIpc) is 2.81. The van der Waals surface area contributed by atoms with Gasteiger partial charge in [-0.2, -0.15) is 26.3 Å². The number of thioether (sulfide) groups is 1. The van der Waals surface area contributed by atoms with Gasteiger partial charge in [0.05, 0.1) is 16.9 Å². The number of carbonyl (C=O) groups is 2. The third-order valence-electron chi connectivity index (χ3n) is 4.52. The van der Waals surface area contributed by atoms with Gasteiger partial charge < -0.3 is 5.11 Å². The fraction of sp³-hybridized carbons (Fsp3) is 0.444.